The van der Waals surface area contributed by atoms with Gasteiger partial charge in [0.15, 0.2) is 0 Å². The quantitative estimate of drug-likeness (QED) is 0.712. The van der Waals surface area contributed by atoms with Gasteiger partial charge in [0, 0.05) is 57.3 Å². The number of rotatable bonds is 4. The largest absolute Gasteiger partial charge is 0.466 e. The van der Waals surface area contributed by atoms with Crippen molar-refractivity contribution in [2.75, 3.05) is 46.0 Å². The van der Waals surface area contributed by atoms with Crippen LogP contribution in [0.1, 0.15) is 46.5 Å². The molecule has 0 radical (unpaired) electrons. The molecule has 0 aliphatic carbocycles. The van der Waals surface area contributed by atoms with E-state index >= 15 is 0 Å². The second-order valence-electron chi connectivity index (χ2n) is 8.37. The highest BCUT2D eigenvalue weighted by molar-refractivity contribution is 5.80. The van der Waals surface area contributed by atoms with Crippen LogP contribution in [0.3, 0.4) is 0 Å². The van der Waals surface area contributed by atoms with Gasteiger partial charge in [0.1, 0.15) is 0 Å². The van der Waals surface area contributed by atoms with Gasteiger partial charge >= 0.3 is 5.97 Å². The van der Waals surface area contributed by atoms with Crippen LogP contribution in [0, 0.1) is 17.3 Å². The van der Waals surface area contributed by atoms with Gasteiger partial charge in [0.2, 0.25) is 5.91 Å². The van der Waals surface area contributed by atoms with Crippen LogP contribution in [0.2, 0.25) is 0 Å². The summed E-state index contributed by atoms with van der Waals surface area (Å²) in [6, 6.07) is 0.396. The number of ether oxygens (including phenoxy) is 2. The van der Waals surface area contributed by atoms with Gasteiger partial charge in [-0.3, -0.25) is 14.5 Å². The van der Waals surface area contributed by atoms with Gasteiger partial charge in [0.25, 0.3) is 0 Å². The highest BCUT2D eigenvalue weighted by Gasteiger charge is 2.54. The molecule has 26 heavy (non-hydrogen) atoms. The number of esters is 1. The first-order valence-electron chi connectivity index (χ1n) is 10.3. The number of hydrogen-bond acceptors (Lipinski definition) is 5. The zero-order valence-electron chi connectivity index (χ0n) is 16.5. The van der Waals surface area contributed by atoms with Crippen LogP contribution < -0.4 is 0 Å². The van der Waals surface area contributed by atoms with E-state index in [1.807, 2.05) is 11.8 Å². The number of likely N-dealkylation sites (tertiary alicyclic amines) is 2. The maximum absolute atomic E-state index is 13.1. The molecule has 0 aromatic rings. The van der Waals surface area contributed by atoms with Crippen LogP contribution in [0.15, 0.2) is 0 Å². The highest BCUT2D eigenvalue weighted by atomic mass is 16.5. The van der Waals surface area contributed by atoms with E-state index < -0.39 is 5.41 Å². The average molecular weight is 367 g/mol. The molecule has 2 atom stereocenters. The Morgan fingerprint density at radius 3 is 2.62 bits per heavy atom. The van der Waals surface area contributed by atoms with Crippen molar-refractivity contribution in [1.82, 2.24) is 9.80 Å². The van der Waals surface area contributed by atoms with Gasteiger partial charge in [-0.25, -0.2) is 0 Å². The third-order valence-corrected chi connectivity index (χ3v) is 6.51. The molecule has 3 aliphatic heterocycles. The summed E-state index contributed by atoms with van der Waals surface area (Å²) in [7, 11) is 0. The van der Waals surface area contributed by atoms with Crippen LogP contribution in [-0.4, -0.2) is 73.7 Å². The number of amides is 1. The molecule has 0 aromatic heterocycles. The standard InChI is InChI=1S/C20H34N2O4/c1-4-26-19(24)20-8-5-9-21(18(23)16-6-10-25-11-7-16)12-17(20)13-22(14-20)15(2)3/h15-17H,4-14H2,1-3H3/t17-,20-/m0/s1. The lowest BCUT2D eigenvalue weighted by Crippen LogP contribution is -2.45. The summed E-state index contributed by atoms with van der Waals surface area (Å²) in [4.78, 5) is 30.4. The molecule has 6 heteroatoms. The van der Waals surface area contributed by atoms with Crippen molar-refractivity contribution < 1.29 is 19.1 Å². The predicted molar refractivity (Wildman–Crippen MR) is 98.6 cm³/mol. The van der Waals surface area contributed by atoms with Crippen LogP contribution >= 0.6 is 0 Å². The van der Waals surface area contributed by atoms with E-state index in [1.54, 1.807) is 0 Å². The molecule has 3 aliphatic rings. The molecule has 0 unspecified atom stereocenters. The first-order valence-corrected chi connectivity index (χ1v) is 10.3. The van der Waals surface area contributed by atoms with Gasteiger partial charge in [-0.1, -0.05) is 0 Å². The molecular formula is C20H34N2O4. The molecule has 3 fully saturated rings. The minimum atomic E-state index is -0.453. The van der Waals surface area contributed by atoms with E-state index in [0.29, 0.717) is 32.4 Å². The molecule has 0 spiro atoms. The third-order valence-electron chi connectivity index (χ3n) is 6.51. The SMILES string of the molecule is CCOC(=O)[C@]12CCCN(C(=O)C3CCOCC3)C[C@H]1CN(C(C)C)C2. The normalized spacial score (nSPS) is 30.9. The minimum absolute atomic E-state index is 0.0616. The Morgan fingerprint density at radius 1 is 1.23 bits per heavy atom. The zero-order chi connectivity index (χ0) is 18.7. The molecule has 148 valence electrons. The van der Waals surface area contributed by atoms with Gasteiger partial charge in [-0.15, -0.1) is 0 Å². The minimum Gasteiger partial charge on any atom is -0.466 e. The monoisotopic (exact) mass is 366 g/mol. The van der Waals surface area contributed by atoms with Crippen molar-refractivity contribution in [3.8, 4) is 0 Å². The zero-order valence-corrected chi connectivity index (χ0v) is 16.5. The van der Waals surface area contributed by atoms with E-state index in [1.165, 1.54) is 0 Å². The summed E-state index contributed by atoms with van der Waals surface area (Å²) in [6.07, 6.45) is 3.33. The van der Waals surface area contributed by atoms with Gasteiger partial charge in [0.05, 0.1) is 12.0 Å². The van der Waals surface area contributed by atoms with Crippen molar-refractivity contribution in [1.29, 1.82) is 0 Å². The second-order valence-corrected chi connectivity index (χ2v) is 8.37. The first-order chi connectivity index (χ1) is 12.5. The Labute approximate surface area is 157 Å². The summed E-state index contributed by atoms with van der Waals surface area (Å²) in [6.45, 7) is 11.1. The summed E-state index contributed by atoms with van der Waals surface area (Å²) >= 11 is 0. The summed E-state index contributed by atoms with van der Waals surface area (Å²) in [5.74, 6) is 0.446. The number of carbonyl (C=O) groups is 2. The Morgan fingerprint density at radius 2 is 1.96 bits per heavy atom. The van der Waals surface area contributed by atoms with E-state index in [-0.39, 0.29) is 23.7 Å². The fourth-order valence-electron chi connectivity index (χ4n) is 4.88. The van der Waals surface area contributed by atoms with Crippen molar-refractivity contribution >= 4 is 11.9 Å². The number of fused-ring (bicyclic) bond motifs is 1. The first kappa shape index (κ1) is 19.6. The van der Waals surface area contributed by atoms with Crippen molar-refractivity contribution in [2.45, 2.75) is 52.5 Å². The lowest BCUT2D eigenvalue weighted by Gasteiger charge is -2.33. The fourth-order valence-corrected chi connectivity index (χ4v) is 4.88. The number of nitrogens with zero attached hydrogens (tertiary/aromatic N) is 2. The molecular weight excluding hydrogens is 332 g/mol. The maximum Gasteiger partial charge on any atom is 0.313 e. The molecule has 3 saturated heterocycles. The van der Waals surface area contributed by atoms with Crippen molar-refractivity contribution in [2.24, 2.45) is 17.3 Å². The van der Waals surface area contributed by atoms with Crippen LogP contribution in [0.4, 0.5) is 0 Å². The fraction of sp³-hybridized carbons (Fsp3) is 0.900. The Balaban J connectivity index is 1.78. The molecule has 3 rings (SSSR count). The lowest BCUT2D eigenvalue weighted by molar-refractivity contribution is -0.158. The van der Waals surface area contributed by atoms with Crippen LogP contribution in [-0.2, 0) is 19.1 Å². The number of carbonyl (C=O) groups excluding carboxylic acids is 2. The Bertz CT molecular complexity index is 518. The summed E-state index contributed by atoms with van der Waals surface area (Å²) in [5, 5.41) is 0. The van der Waals surface area contributed by atoms with Gasteiger partial charge < -0.3 is 14.4 Å². The summed E-state index contributed by atoms with van der Waals surface area (Å²) in [5.41, 5.74) is -0.453. The van der Waals surface area contributed by atoms with Crippen molar-refractivity contribution in [3.05, 3.63) is 0 Å². The Kier molecular flexibility index (Phi) is 6.23. The van der Waals surface area contributed by atoms with Crippen molar-refractivity contribution in [3.63, 3.8) is 0 Å². The molecule has 3 heterocycles. The van der Waals surface area contributed by atoms with Crippen LogP contribution in [0.5, 0.6) is 0 Å². The smallest absolute Gasteiger partial charge is 0.313 e. The van der Waals surface area contributed by atoms with Gasteiger partial charge in [-0.2, -0.15) is 0 Å². The topological polar surface area (TPSA) is 59.1 Å². The predicted octanol–water partition coefficient (Wildman–Crippen LogP) is 1.93. The molecule has 6 nitrogen and oxygen atoms in total. The number of hydrogen-bond donors (Lipinski definition) is 0. The molecule has 1 amide bonds. The van der Waals surface area contributed by atoms with Gasteiger partial charge in [-0.05, 0) is 46.5 Å². The molecule has 0 saturated carbocycles. The van der Waals surface area contributed by atoms with E-state index in [9.17, 15) is 9.59 Å². The maximum atomic E-state index is 13.1. The van der Waals surface area contributed by atoms with E-state index in [4.69, 9.17) is 9.47 Å². The molecule has 0 bridgehead atoms. The average Bonchev–Trinajstić information content (AvgIpc) is 2.91. The molecule has 0 N–H and O–H groups in total. The summed E-state index contributed by atoms with van der Waals surface area (Å²) < 4.78 is 10.9. The lowest BCUT2D eigenvalue weighted by atomic mass is 9.75. The van der Waals surface area contributed by atoms with E-state index in [0.717, 1.165) is 45.3 Å². The Hall–Kier alpha value is -1.14. The second kappa shape index (κ2) is 8.26. The van der Waals surface area contributed by atoms with Crippen LogP contribution in [0.25, 0.3) is 0 Å². The highest BCUT2D eigenvalue weighted by Crippen LogP contribution is 2.44. The molecule has 0 aromatic carbocycles. The third kappa shape index (κ3) is 3.77. The van der Waals surface area contributed by atoms with E-state index in [2.05, 4.69) is 18.7 Å².